The fraction of sp³-hybridized carbons (Fsp3) is 0.358. The number of phenolic OH excluding ortho intramolecular Hbond substituents is 3. The van der Waals surface area contributed by atoms with Gasteiger partial charge in [0.2, 0.25) is 53.2 Å². The second kappa shape index (κ2) is 30.0. The number of carboxylic acid groups (broad SMARTS) is 1. The number of amides is 9. The van der Waals surface area contributed by atoms with Crippen LogP contribution < -0.4 is 54.0 Å². The third kappa shape index (κ3) is 20.7. The van der Waals surface area contributed by atoms with Crippen LogP contribution >= 0.6 is 0 Å². The molecule has 0 fully saturated rings. The number of carbonyl (C=O) groups excluding carboxylic acids is 9. The highest BCUT2D eigenvalue weighted by Gasteiger charge is 2.35. The van der Waals surface area contributed by atoms with Gasteiger partial charge < -0.3 is 84.6 Å². The minimum absolute atomic E-state index is 0.0746. The number of phenols is 3. The lowest BCUT2D eigenvalue weighted by molar-refractivity contribution is -0.143. The molecule has 0 saturated heterocycles. The van der Waals surface area contributed by atoms with Gasteiger partial charge in [-0.15, -0.1) is 0 Å². The molecule has 26 heteroatoms. The van der Waals surface area contributed by atoms with E-state index >= 15 is 0 Å². The Morgan fingerprint density at radius 3 is 1.23 bits per heavy atom. The van der Waals surface area contributed by atoms with Crippen LogP contribution in [-0.2, 0) is 73.6 Å². The minimum atomic E-state index is -1.75. The van der Waals surface area contributed by atoms with Crippen LogP contribution in [0.3, 0.4) is 0 Å². The fourth-order valence-corrected chi connectivity index (χ4v) is 7.58. The number of aliphatic hydroxyl groups excluding tert-OH is 2. The molecule has 0 saturated carbocycles. The van der Waals surface area contributed by atoms with E-state index in [1.165, 1.54) is 86.6 Å². The standard InChI is InChI=1S/C53H66N10O16/c1-27(57-51(76)44(55)28(2)64)46(71)58-40(25-42(54)69)50(75)61-39(23-32-11-17-35(67)18-12-32)49(74)60-38(22-31-9-15-34(66)16-10-31)48(73)59-37(21-30-7-5-4-6-8-30)47(72)56-26-43(70)63-45(29(3)65)52(77)62-41(53(78)79)24-33-13-19-36(68)20-14-33/h4-20,27-29,37-41,44-45,64-68H,21-26,55H2,1-3H3,(H2,54,69)(H,56,72)(H,57,76)(H,58,71)(H,59,73)(H,60,74)(H,61,75)(H,62,77)(H,63,70)(H,78,79)/t27-,28+,29+,37-,38-,39-,40-,41-,44-,45-/m0/s1. The van der Waals surface area contributed by atoms with Crippen molar-refractivity contribution in [3.8, 4) is 17.2 Å². The maximum absolute atomic E-state index is 14.5. The summed E-state index contributed by atoms with van der Waals surface area (Å²) in [6, 6.07) is 12.3. The summed E-state index contributed by atoms with van der Waals surface area (Å²) >= 11 is 0. The van der Waals surface area contributed by atoms with Crippen molar-refractivity contribution in [3.05, 3.63) is 125 Å². The first kappa shape index (κ1) is 62.4. The summed E-state index contributed by atoms with van der Waals surface area (Å²) in [6.45, 7) is 2.81. The molecule has 26 nitrogen and oxygen atoms in total. The van der Waals surface area contributed by atoms with Crippen LogP contribution in [0.5, 0.6) is 17.2 Å². The number of hydrogen-bond acceptors (Lipinski definition) is 16. The quantitative estimate of drug-likeness (QED) is 0.0253. The molecule has 4 rings (SSSR count). The predicted molar refractivity (Wildman–Crippen MR) is 281 cm³/mol. The molecule has 79 heavy (non-hydrogen) atoms. The molecule has 0 bridgehead atoms. The van der Waals surface area contributed by atoms with E-state index in [9.17, 15) is 78.6 Å². The van der Waals surface area contributed by atoms with Crippen molar-refractivity contribution in [2.24, 2.45) is 11.5 Å². The maximum Gasteiger partial charge on any atom is 0.326 e. The summed E-state index contributed by atoms with van der Waals surface area (Å²) in [5, 5.41) is 78.8. The largest absolute Gasteiger partial charge is 0.508 e. The van der Waals surface area contributed by atoms with Crippen LogP contribution in [0.1, 0.15) is 49.4 Å². The average Bonchev–Trinajstić information content (AvgIpc) is 3.40. The lowest BCUT2D eigenvalue weighted by Crippen LogP contribution is -2.61. The SMILES string of the molecule is C[C@H](NC(=O)[C@@H](N)[C@@H](C)O)C(=O)N[C@@H](CC(N)=O)C(=O)N[C@@H](Cc1ccc(O)cc1)C(=O)N[C@@H](Cc1ccc(O)cc1)C(=O)N[C@@H](Cc1ccccc1)C(=O)NCC(=O)N[C@H](C(=O)N[C@@H](Cc1ccc(O)cc1)C(=O)O)[C@@H](C)O. The van der Waals surface area contributed by atoms with Crippen LogP contribution in [0.2, 0.25) is 0 Å². The molecule has 0 radical (unpaired) electrons. The zero-order valence-electron chi connectivity index (χ0n) is 43.3. The van der Waals surface area contributed by atoms with Crippen LogP contribution in [0.15, 0.2) is 103 Å². The van der Waals surface area contributed by atoms with Crippen molar-refractivity contribution < 1.29 is 78.6 Å². The molecule has 0 aliphatic rings. The summed E-state index contributed by atoms with van der Waals surface area (Å²) in [6.07, 6.45) is -4.72. The van der Waals surface area contributed by atoms with E-state index < -0.39 is 133 Å². The van der Waals surface area contributed by atoms with E-state index in [4.69, 9.17) is 11.5 Å². The molecule has 0 aliphatic heterocycles. The molecular weight excluding hydrogens is 1030 g/mol. The molecule has 0 unspecified atom stereocenters. The maximum atomic E-state index is 14.5. The van der Waals surface area contributed by atoms with Crippen molar-refractivity contribution in [1.29, 1.82) is 0 Å². The summed E-state index contributed by atoms with van der Waals surface area (Å²) in [5.74, 6) is -10.9. The number of benzene rings is 4. The highest BCUT2D eigenvalue weighted by molar-refractivity contribution is 5.99. The zero-order valence-corrected chi connectivity index (χ0v) is 43.3. The summed E-state index contributed by atoms with van der Waals surface area (Å²) < 4.78 is 0. The number of rotatable bonds is 29. The predicted octanol–water partition coefficient (Wildman–Crippen LogP) is -3.35. The lowest BCUT2D eigenvalue weighted by atomic mass is 10.0. The molecule has 10 atom stereocenters. The lowest BCUT2D eigenvalue weighted by Gasteiger charge is -2.27. The number of aliphatic carboxylic acids is 1. The highest BCUT2D eigenvalue weighted by Crippen LogP contribution is 2.16. The van der Waals surface area contributed by atoms with Gasteiger partial charge in [-0.25, -0.2) is 4.79 Å². The smallest absolute Gasteiger partial charge is 0.326 e. The van der Waals surface area contributed by atoms with Gasteiger partial charge >= 0.3 is 5.97 Å². The van der Waals surface area contributed by atoms with Gasteiger partial charge in [0.15, 0.2) is 0 Å². The van der Waals surface area contributed by atoms with Gasteiger partial charge in [0.1, 0.15) is 65.6 Å². The summed E-state index contributed by atoms with van der Waals surface area (Å²) in [4.78, 5) is 134. The van der Waals surface area contributed by atoms with Gasteiger partial charge in [-0.1, -0.05) is 66.7 Å². The zero-order chi connectivity index (χ0) is 58.5. The van der Waals surface area contributed by atoms with Gasteiger partial charge in [0.05, 0.1) is 25.2 Å². The molecule has 0 aromatic heterocycles. The van der Waals surface area contributed by atoms with Crippen molar-refractivity contribution in [3.63, 3.8) is 0 Å². The molecule has 4 aromatic carbocycles. The number of carbonyl (C=O) groups is 10. The van der Waals surface area contributed by atoms with Crippen LogP contribution in [0.4, 0.5) is 0 Å². The molecular formula is C53H66N10O16. The van der Waals surface area contributed by atoms with E-state index in [0.717, 1.165) is 6.92 Å². The van der Waals surface area contributed by atoms with E-state index in [1.807, 2.05) is 0 Å². The third-order valence-electron chi connectivity index (χ3n) is 12.0. The van der Waals surface area contributed by atoms with Gasteiger partial charge in [-0.05, 0) is 79.4 Å². The average molecular weight is 1100 g/mol. The normalized spacial score (nSPS) is 14.8. The number of nitrogens with one attached hydrogen (secondary N) is 8. The highest BCUT2D eigenvalue weighted by atomic mass is 16.4. The Hall–Kier alpha value is -9.14. The number of nitrogens with two attached hydrogens (primary N) is 2. The number of carboxylic acids is 1. The fourth-order valence-electron chi connectivity index (χ4n) is 7.58. The number of hydrogen-bond donors (Lipinski definition) is 16. The second-order valence-corrected chi connectivity index (χ2v) is 18.6. The van der Waals surface area contributed by atoms with E-state index in [2.05, 4.69) is 42.5 Å². The van der Waals surface area contributed by atoms with E-state index in [0.29, 0.717) is 22.3 Å². The van der Waals surface area contributed by atoms with Crippen molar-refractivity contribution in [2.45, 2.75) is 113 Å². The Labute approximate surface area is 453 Å². The van der Waals surface area contributed by atoms with Gasteiger partial charge in [-0.2, -0.15) is 0 Å². The van der Waals surface area contributed by atoms with Crippen molar-refractivity contribution >= 4 is 59.1 Å². The Kier molecular flexibility index (Phi) is 23.7. The molecule has 4 aromatic rings. The topological polar surface area (TPSA) is 440 Å². The number of aliphatic hydroxyl groups is 2. The molecule has 0 spiro atoms. The molecule has 18 N–H and O–H groups in total. The molecule has 0 aliphatic carbocycles. The van der Waals surface area contributed by atoms with E-state index in [-0.39, 0.29) is 42.9 Å². The summed E-state index contributed by atoms with van der Waals surface area (Å²) in [5.41, 5.74) is 12.8. The first-order valence-electron chi connectivity index (χ1n) is 24.7. The minimum Gasteiger partial charge on any atom is -0.508 e. The number of primary amides is 1. The Morgan fingerprint density at radius 1 is 0.443 bits per heavy atom. The van der Waals surface area contributed by atoms with Crippen LogP contribution in [0.25, 0.3) is 0 Å². The van der Waals surface area contributed by atoms with Crippen molar-refractivity contribution in [2.75, 3.05) is 6.54 Å². The molecule has 0 heterocycles. The van der Waals surface area contributed by atoms with Gasteiger partial charge in [0.25, 0.3) is 0 Å². The second-order valence-electron chi connectivity index (χ2n) is 18.6. The van der Waals surface area contributed by atoms with Crippen LogP contribution in [-0.4, -0.2) is 157 Å². The number of aromatic hydroxyl groups is 3. The van der Waals surface area contributed by atoms with E-state index in [1.54, 1.807) is 30.3 Å². The van der Waals surface area contributed by atoms with Crippen molar-refractivity contribution in [1.82, 2.24) is 42.5 Å². The summed E-state index contributed by atoms with van der Waals surface area (Å²) in [7, 11) is 0. The first-order valence-corrected chi connectivity index (χ1v) is 24.7. The molecule has 424 valence electrons. The monoisotopic (exact) mass is 1100 g/mol. The molecule has 9 amide bonds. The van der Waals surface area contributed by atoms with Crippen LogP contribution in [0, 0.1) is 0 Å². The Morgan fingerprint density at radius 2 is 0.823 bits per heavy atom. The first-order chi connectivity index (χ1) is 37.3. The van der Waals surface area contributed by atoms with Gasteiger partial charge in [0, 0.05) is 25.7 Å². The Bertz CT molecular complexity index is 2770. The van der Waals surface area contributed by atoms with Gasteiger partial charge in [-0.3, -0.25) is 43.2 Å². The Balaban J connectivity index is 1.59. The third-order valence-corrected chi connectivity index (χ3v) is 12.0.